The fraction of sp³-hybridized carbons (Fsp3) is 0.500. The molecule has 0 saturated carbocycles. The Morgan fingerprint density at radius 2 is 2.21 bits per heavy atom. The van der Waals surface area contributed by atoms with E-state index in [9.17, 15) is 0 Å². The van der Waals surface area contributed by atoms with Gasteiger partial charge < -0.3 is 10.1 Å². The van der Waals surface area contributed by atoms with Gasteiger partial charge in [0.2, 0.25) is 0 Å². The normalized spacial score (nSPS) is 14.8. The molecule has 0 spiro atoms. The van der Waals surface area contributed by atoms with E-state index in [-0.39, 0.29) is 0 Å². The minimum atomic E-state index is 0.451. The number of aryl methyl sites for hydroxylation is 1. The Morgan fingerprint density at radius 3 is 3.00 bits per heavy atom. The third-order valence-corrected chi connectivity index (χ3v) is 2.38. The molecule has 0 aromatic heterocycles. The van der Waals surface area contributed by atoms with Crippen molar-refractivity contribution >= 4 is 5.69 Å². The van der Waals surface area contributed by atoms with Crippen LogP contribution in [0.3, 0.4) is 0 Å². The van der Waals surface area contributed by atoms with Gasteiger partial charge in [-0.3, -0.25) is 0 Å². The standard InChI is InChI=1S/C12H17NO/c1-9(2)13-11-7-3-5-10-6-4-8-14-12(10)11/h3,5,7,9,13H,4,6,8H2,1-2H3. The van der Waals surface area contributed by atoms with Gasteiger partial charge in [-0.15, -0.1) is 0 Å². The lowest BCUT2D eigenvalue weighted by Gasteiger charge is -2.22. The summed E-state index contributed by atoms with van der Waals surface area (Å²) in [6.07, 6.45) is 2.28. The minimum Gasteiger partial charge on any atom is -0.491 e. The molecule has 1 heterocycles. The highest BCUT2D eigenvalue weighted by molar-refractivity contribution is 5.61. The Balaban J connectivity index is 2.30. The summed E-state index contributed by atoms with van der Waals surface area (Å²) in [4.78, 5) is 0. The van der Waals surface area contributed by atoms with Gasteiger partial charge >= 0.3 is 0 Å². The fourth-order valence-corrected chi connectivity index (χ4v) is 1.81. The van der Waals surface area contributed by atoms with Gasteiger partial charge in [-0.2, -0.15) is 0 Å². The summed E-state index contributed by atoms with van der Waals surface area (Å²) in [6, 6.07) is 6.79. The molecule has 0 unspecified atom stereocenters. The lowest BCUT2D eigenvalue weighted by molar-refractivity contribution is 0.289. The number of fused-ring (bicyclic) bond motifs is 1. The highest BCUT2D eigenvalue weighted by Crippen LogP contribution is 2.33. The summed E-state index contributed by atoms with van der Waals surface area (Å²) >= 11 is 0. The van der Waals surface area contributed by atoms with E-state index in [4.69, 9.17) is 4.74 Å². The molecule has 1 aromatic carbocycles. The first kappa shape index (κ1) is 9.38. The highest BCUT2D eigenvalue weighted by atomic mass is 16.5. The molecule has 2 rings (SSSR count). The van der Waals surface area contributed by atoms with Crippen LogP contribution >= 0.6 is 0 Å². The number of benzene rings is 1. The summed E-state index contributed by atoms with van der Waals surface area (Å²) in [5.41, 5.74) is 2.47. The first-order valence-electron chi connectivity index (χ1n) is 5.28. The number of hydrogen-bond acceptors (Lipinski definition) is 2. The van der Waals surface area contributed by atoms with Crippen molar-refractivity contribution in [3.8, 4) is 5.75 Å². The smallest absolute Gasteiger partial charge is 0.145 e. The Bertz CT molecular complexity index is 320. The second-order valence-electron chi connectivity index (χ2n) is 4.04. The van der Waals surface area contributed by atoms with Crippen LogP contribution < -0.4 is 10.1 Å². The van der Waals surface area contributed by atoms with E-state index in [1.54, 1.807) is 0 Å². The number of anilines is 1. The fourth-order valence-electron chi connectivity index (χ4n) is 1.81. The summed E-state index contributed by atoms with van der Waals surface area (Å²) in [7, 11) is 0. The third-order valence-electron chi connectivity index (χ3n) is 2.38. The quantitative estimate of drug-likeness (QED) is 0.776. The molecule has 0 bridgehead atoms. The molecule has 14 heavy (non-hydrogen) atoms. The monoisotopic (exact) mass is 191 g/mol. The maximum atomic E-state index is 5.69. The molecule has 1 aliphatic rings. The molecule has 0 amide bonds. The number of hydrogen-bond donors (Lipinski definition) is 1. The van der Waals surface area contributed by atoms with E-state index < -0.39 is 0 Å². The average molecular weight is 191 g/mol. The van der Waals surface area contributed by atoms with Gasteiger partial charge in [0.15, 0.2) is 0 Å². The van der Waals surface area contributed by atoms with Crippen molar-refractivity contribution in [2.24, 2.45) is 0 Å². The van der Waals surface area contributed by atoms with Crippen molar-refractivity contribution in [3.63, 3.8) is 0 Å². The first-order valence-corrected chi connectivity index (χ1v) is 5.28. The van der Waals surface area contributed by atoms with Crippen molar-refractivity contribution in [1.82, 2.24) is 0 Å². The van der Waals surface area contributed by atoms with Crippen LogP contribution in [0.15, 0.2) is 18.2 Å². The van der Waals surface area contributed by atoms with E-state index in [2.05, 4.69) is 37.4 Å². The molecule has 1 aromatic rings. The highest BCUT2D eigenvalue weighted by Gasteiger charge is 2.14. The lowest BCUT2D eigenvalue weighted by Crippen LogP contribution is -2.14. The predicted octanol–water partition coefficient (Wildman–Crippen LogP) is 2.83. The van der Waals surface area contributed by atoms with Gasteiger partial charge in [0.1, 0.15) is 5.75 Å². The zero-order chi connectivity index (χ0) is 9.97. The molecule has 0 radical (unpaired) electrons. The summed E-state index contributed by atoms with van der Waals surface area (Å²) in [6.45, 7) is 5.13. The van der Waals surface area contributed by atoms with Gasteiger partial charge in [-0.1, -0.05) is 12.1 Å². The number of ether oxygens (including phenoxy) is 1. The summed E-state index contributed by atoms with van der Waals surface area (Å²) in [5, 5.41) is 3.41. The SMILES string of the molecule is CC(C)Nc1cccc2c1OCCC2. The van der Waals surface area contributed by atoms with Crippen LogP contribution in [0.1, 0.15) is 25.8 Å². The van der Waals surface area contributed by atoms with Crippen LogP contribution in [0, 0.1) is 0 Å². The topological polar surface area (TPSA) is 21.3 Å². The van der Waals surface area contributed by atoms with E-state index in [0.29, 0.717) is 6.04 Å². The largest absolute Gasteiger partial charge is 0.491 e. The second kappa shape index (κ2) is 3.91. The Labute approximate surface area is 85.3 Å². The van der Waals surface area contributed by atoms with E-state index in [1.807, 2.05) is 0 Å². The van der Waals surface area contributed by atoms with Crippen LogP contribution in [-0.2, 0) is 6.42 Å². The van der Waals surface area contributed by atoms with E-state index >= 15 is 0 Å². The molecule has 1 aliphatic heterocycles. The molecule has 0 atom stereocenters. The number of rotatable bonds is 2. The van der Waals surface area contributed by atoms with Crippen LogP contribution in [0.25, 0.3) is 0 Å². The van der Waals surface area contributed by atoms with Crippen molar-refractivity contribution in [3.05, 3.63) is 23.8 Å². The van der Waals surface area contributed by atoms with Crippen LogP contribution in [0.4, 0.5) is 5.69 Å². The van der Waals surface area contributed by atoms with E-state index in [1.165, 1.54) is 5.56 Å². The Hall–Kier alpha value is -1.18. The number of para-hydroxylation sites is 1. The van der Waals surface area contributed by atoms with Crippen LogP contribution in [-0.4, -0.2) is 12.6 Å². The summed E-state index contributed by atoms with van der Waals surface area (Å²) < 4.78 is 5.69. The van der Waals surface area contributed by atoms with Gasteiger partial charge in [0.25, 0.3) is 0 Å². The molecule has 1 N–H and O–H groups in total. The molecular formula is C12H17NO. The zero-order valence-electron chi connectivity index (χ0n) is 8.84. The van der Waals surface area contributed by atoms with Crippen LogP contribution in [0.5, 0.6) is 5.75 Å². The molecular weight excluding hydrogens is 174 g/mol. The van der Waals surface area contributed by atoms with Crippen molar-refractivity contribution < 1.29 is 4.74 Å². The molecule has 2 heteroatoms. The molecule has 0 aliphatic carbocycles. The zero-order valence-corrected chi connectivity index (χ0v) is 8.84. The minimum absolute atomic E-state index is 0.451. The maximum absolute atomic E-state index is 5.69. The van der Waals surface area contributed by atoms with E-state index in [0.717, 1.165) is 30.9 Å². The lowest BCUT2D eigenvalue weighted by atomic mass is 10.1. The van der Waals surface area contributed by atoms with Gasteiger partial charge in [0.05, 0.1) is 12.3 Å². The molecule has 0 saturated heterocycles. The Kier molecular flexibility index (Phi) is 2.62. The molecule has 0 fully saturated rings. The van der Waals surface area contributed by atoms with Gasteiger partial charge in [-0.25, -0.2) is 0 Å². The third kappa shape index (κ3) is 1.84. The van der Waals surface area contributed by atoms with Gasteiger partial charge in [0, 0.05) is 6.04 Å². The average Bonchev–Trinajstić information content (AvgIpc) is 2.18. The number of nitrogens with one attached hydrogen (secondary N) is 1. The van der Waals surface area contributed by atoms with Crippen molar-refractivity contribution in [2.75, 3.05) is 11.9 Å². The first-order chi connectivity index (χ1) is 6.77. The predicted molar refractivity (Wildman–Crippen MR) is 59.0 cm³/mol. The van der Waals surface area contributed by atoms with Crippen molar-refractivity contribution in [2.45, 2.75) is 32.7 Å². The summed E-state index contributed by atoms with van der Waals surface area (Å²) in [5.74, 6) is 1.06. The maximum Gasteiger partial charge on any atom is 0.145 e. The Morgan fingerprint density at radius 1 is 1.36 bits per heavy atom. The van der Waals surface area contributed by atoms with Crippen LogP contribution in [0.2, 0.25) is 0 Å². The molecule has 2 nitrogen and oxygen atoms in total. The van der Waals surface area contributed by atoms with Gasteiger partial charge in [-0.05, 0) is 38.3 Å². The second-order valence-corrected chi connectivity index (χ2v) is 4.04. The van der Waals surface area contributed by atoms with Crippen molar-refractivity contribution in [1.29, 1.82) is 0 Å². The molecule has 76 valence electrons.